The third kappa shape index (κ3) is 5.23. The monoisotopic (exact) mass is 374 g/mol. The summed E-state index contributed by atoms with van der Waals surface area (Å²) in [5.74, 6) is 1.40. The second-order valence-electron chi connectivity index (χ2n) is 6.79. The van der Waals surface area contributed by atoms with Gasteiger partial charge in [-0.3, -0.25) is 4.79 Å². The average molecular weight is 375 g/mol. The Balaban J connectivity index is 0.00000243. The number of hydrogen-bond acceptors (Lipinski definition) is 3. The fraction of sp³-hybridized carbons (Fsp3) is 0.381. The van der Waals surface area contributed by atoms with Crippen LogP contribution in [0.4, 0.5) is 0 Å². The van der Waals surface area contributed by atoms with Crippen molar-refractivity contribution in [1.82, 2.24) is 4.90 Å². The van der Waals surface area contributed by atoms with Crippen LogP contribution in [0.2, 0.25) is 0 Å². The van der Waals surface area contributed by atoms with Crippen molar-refractivity contribution >= 4 is 18.3 Å². The van der Waals surface area contributed by atoms with Crippen LogP contribution >= 0.6 is 12.4 Å². The van der Waals surface area contributed by atoms with Crippen LogP contribution in [0.25, 0.3) is 0 Å². The Kier molecular flexibility index (Phi) is 7.49. The smallest absolute Gasteiger partial charge is 0.253 e. The van der Waals surface area contributed by atoms with Crippen molar-refractivity contribution in [3.8, 4) is 5.75 Å². The van der Waals surface area contributed by atoms with Gasteiger partial charge in [-0.05, 0) is 55.5 Å². The Morgan fingerprint density at radius 3 is 2.31 bits per heavy atom. The number of benzene rings is 2. The van der Waals surface area contributed by atoms with E-state index in [9.17, 15) is 4.79 Å². The molecule has 0 spiro atoms. The first-order valence-electron chi connectivity index (χ1n) is 8.95. The topological polar surface area (TPSA) is 55.6 Å². The van der Waals surface area contributed by atoms with Crippen molar-refractivity contribution in [3.05, 3.63) is 65.7 Å². The molecule has 4 nitrogen and oxygen atoms in total. The number of piperidine rings is 1. The Morgan fingerprint density at radius 2 is 1.73 bits per heavy atom. The van der Waals surface area contributed by atoms with Crippen LogP contribution in [-0.4, -0.2) is 29.9 Å². The van der Waals surface area contributed by atoms with Crippen LogP contribution in [0.1, 0.15) is 35.7 Å². The standard InChI is InChI=1S/C21H26N2O2.ClH/c1-16(22)18-11-13-23(14-12-18)21(24)19-7-9-20(10-8-19)25-15-17-5-3-2-4-6-17;/h2-10,16,18H,11-15,22H2,1H3;1H. The summed E-state index contributed by atoms with van der Waals surface area (Å²) in [7, 11) is 0. The van der Waals surface area contributed by atoms with Crippen LogP contribution in [0, 0.1) is 5.92 Å². The van der Waals surface area contributed by atoms with Gasteiger partial charge in [0.2, 0.25) is 0 Å². The molecule has 0 aromatic heterocycles. The summed E-state index contributed by atoms with van der Waals surface area (Å²) in [5.41, 5.74) is 7.81. The second kappa shape index (κ2) is 9.60. The van der Waals surface area contributed by atoms with Gasteiger partial charge in [-0.25, -0.2) is 0 Å². The minimum absolute atomic E-state index is 0. The number of amides is 1. The van der Waals surface area contributed by atoms with Crippen molar-refractivity contribution in [2.24, 2.45) is 11.7 Å². The van der Waals surface area contributed by atoms with Crippen molar-refractivity contribution in [2.45, 2.75) is 32.4 Å². The number of ether oxygens (including phenoxy) is 1. The maximum atomic E-state index is 12.6. The molecule has 5 heteroatoms. The van der Waals surface area contributed by atoms with E-state index in [-0.39, 0.29) is 24.4 Å². The predicted octanol–water partition coefficient (Wildman–Crippen LogP) is 3.89. The molecule has 1 saturated heterocycles. The minimum atomic E-state index is 0. The van der Waals surface area contributed by atoms with Crippen molar-refractivity contribution in [3.63, 3.8) is 0 Å². The maximum absolute atomic E-state index is 12.6. The molecule has 140 valence electrons. The van der Waals surface area contributed by atoms with Gasteiger partial charge in [0.25, 0.3) is 5.91 Å². The highest BCUT2D eigenvalue weighted by Gasteiger charge is 2.25. The molecule has 1 unspecified atom stereocenters. The second-order valence-corrected chi connectivity index (χ2v) is 6.79. The molecule has 3 rings (SSSR count). The Morgan fingerprint density at radius 1 is 1.12 bits per heavy atom. The van der Waals surface area contributed by atoms with E-state index in [1.54, 1.807) is 0 Å². The number of carbonyl (C=O) groups is 1. The molecular weight excluding hydrogens is 348 g/mol. The van der Waals surface area contributed by atoms with E-state index >= 15 is 0 Å². The molecular formula is C21H27ClN2O2. The zero-order chi connectivity index (χ0) is 17.6. The van der Waals surface area contributed by atoms with E-state index in [0.29, 0.717) is 18.1 Å². The summed E-state index contributed by atoms with van der Waals surface area (Å²) < 4.78 is 5.77. The number of carbonyl (C=O) groups excluding carboxylic acids is 1. The summed E-state index contributed by atoms with van der Waals surface area (Å²) >= 11 is 0. The first-order valence-corrected chi connectivity index (χ1v) is 8.95. The fourth-order valence-corrected chi connectivity index (χ4v) is 3.25. The van der Waals surface area contributed by atoms with Crippen LogP contribution in [0.3, 0.4) is 0 Å². The first-order chi connectivity index (χ1) is 12.1. The van der Waals surface area contributed by atoms with Gasteiger partial charge in [-0.1, -0.05) is 30.3 Å². The molecule has 0 radical (unpaired) electrons. The number of rotatable bonds is 5. The van der Waals surface area contributed by atoms with Gasteiger partial charge in [0.1, 0.15) is 12.4 Å². The van der Waals surface area contributed by atoms with E-state index < -0.39 is 0 Å². The van der Waals surface area contributed by atoms with E-state index in [0.717, 1.165) is 37.2 Å². The highest BCUT2D eigenvalue weighted by Crippen LogP contribution is 2.22. The largest absolute Gasteiger partial charge is 0.489 e. The molecule has 0 aliphatic carbocycles. The van der Waals surface area contributed by atoms with Crippen LogP contribution in [0.15, 0.2) is 54.6 Å². The Hall–Kier alpha value is -2.04. The third-order valence-corrected chi connectivity index (χ3v) is 4.92. The number of halogens is 1. The molecule has 1 fully saturated rings. The average Bonchev–Trinajstić information content (AvgIpc) is 2.67. The van der Waals surface area contributed by atoms with E-state index in [1.165, 1.54) is 0 Å². The molecule has 1 aliphatic rings. The summed E-state index contributed by atoms with van der Waals surface area (Å²) in [6.45, 7) is 4.16. The van der Waals surface area contributed by atoms with Gasteiger partial charge < -0.3 is 15.4 Å². The van der Waals surface area contributed by atoms with Crippen LogP contribution in [0.5, 0.6) is 5.75 Å². The molecule has 2 aromatic rings. The fourth-order valence-electron chi connectivity index (χ4n) is 3.25. The predicted molar refractivity (Wildman–Crippen MR) is 107 cm³/mol. The van der Waals surface area contributed by atoms with Gasteiger partial charge in [0.05, 0.1) is 0 Å². The Labute approximate surface area is 161 Å². The minimum Gasteiger partial charge on any atom is -0.489 e. The van der Waals surface area contributed by atoms with Crippen molar-refractivity contribution in [2.75, 3.05) is 13.1 Å². The molecule has 0 saturated carbocycles. The summed E-state index contributed by atoms with van der Waals surface area (Å²) in [6, 6.07) is 17.7. The molecule has 2 aromatic carbocycles. The van der Waals surface area contributed by atoms with Gasteiger partial charge >= 0.3 is 0 Å². The quantitative estimate of drug-likeness (QED) is 0.863. The lowest BCUT2D eigenvalue weighted by atomic mass is 9.90. The third-order valence-electron chi connectivity index (χ3n) is 4.92. The van der Waals surface area contributed by atoms with Crippen molar-refractivity contribution < 1.29 is 9.53 Å². The van der Waals surface area contributed by atoms with Crippen LogP contribution < -0.4 is 10.5 Å². The number of hydrogen-bond donors (Lipinski definition) is 1. The molecule has 1 atom stereocenters. The lowest BCUT2D eigenvalue weighted by Gasteiger charge is -2.33. The molecule has 1 aliphatic heterocycles. The SMILES string of the molecule is CC(N)C1CCN(C(=O)c2ccc(OCc3ccccc3)cc2)CC1.Cl. The summed E-state index contributed by atoms with van der Waals surface area (Å²) in [4.78, 5) is 14.6. The maximum Gasteiger partial charge on any atom is 0.253 e. The van der Waals surface area contributed by atoms with Gasteiger partial charge in [-0.2, -0.15) is 0 Å². The number of nitrogens with zero attached hydrogens (tertiary/aromatic N) is 1. The van der Waals surface area contributed by atoms with Gasteiger partial charge in [0.15, 0.2) is 0 Å². The van der Waals surface area contributed by atoms with E-state index in [1.807, 2.05) is 59.5 Å². The molecule has 1 heterocycles. The molecule has 2 N–H and O–H groups in total. The highest BCUT2D eigenvalue weighted by atomic mass is 35.5. The highest BCUT2D eigenvalue weighted by molar-refractivity contribution is 5.94. The number of nitrogens with two attached hydrogens (primary N) is 1. The lowest BCUT2D eigenvalue weighted by molar-refractivity contribution is 0.0681. The first kappa shape index (κ1) is 20.3. The molecule has 26 heavy (non-hydrogen) atoms. The van der Waals surface area contributed by atoms with E-state index in [4.69, 9.17) is 10.5 Å². The summed E-state index contributed by atoms with van der Waals surface area (Å²) in [6.07, 6.45) is 1.98. The van der Waals surface area contributed by atoms with Gasteiger partial charge in [-0.15, -0.1) is 12.4 Å². The van der Waals surface area contributed by atoms with Gasteiger partial charge in [0, 0.05) is 24.7 Å². The zero-order valence-electron chi connectivity index (χ0n) is 15.1. The molecule has 1 amide bonds. The van der Waals surface area contributed by atoms with E-state index in [2.05, 4.69) is 6.92 Å². The summed E-state index contributed by atoms with van der Waals surface area (Å²) in [5, 5.41) is 0. The van der Waals surface area contributed by atoms with Crippen LogP contribution in [-0.2, 0) is 6.61 Å². The normalized spacial score (nSPS) is 15.8. The zero-order valence-corrected chi connectivity index (χ0v) is 16.0. The number of likely N-dealkylation sites (tertiary alicyclic amines) is 1. The Bertz CT molecular complexity index is 681. The molecule has 0 bridgehead atoms. The van der Waals surface area contributed by atoms with Crippen molar-refractivity contribution in [1.29, 1.82) is 0 Å². The lowest BCUT2D eigenvalue weighted by Crippen LogP contribution is -2.42.